The number of nitrogens with one attached hydrogen (secondary N) is 3. The second kappa shape index (κ2) is 6.70. The van der Waals surface area contributed by atoms with Crippen LogP contribution in [0.4, 0.5) is 5.82 Å². The minimum absolute atomic E-state index is 0.220. The van der Waals surface area contributed by atoms with Crippen molar-refractivity contribution < 1.29 is 0 Å². The molecule has 28 heavy (non-hydrogen) atoms. The van der Waals surface area contributed by atoms with E-state index in [4.69, 9.17) is 15.9 Å². The minimum atomic E-state index is 0.220. The zero-order valence-corrected chi connectivity index (χ0v) is 16.5. The highest BCUT2D eigenvalue weighted by Crippen LogP contribution is 2.54. The van der Waals surface area contributed by atoms with E-state index in [1.165, 1.54) is 10.2 Å². The molecule has 0 aliphatic heterocycles. The molecule has 1 saturated carbocycles. The van der Waals surface area contributed by atoms with Crippen molar-refractivity contribution in [2.24, 2.45) is 7.05 Å². The SMILES string of the molecule is CNc1ccc(C2CC2c2cc(-c3cc(C)c(=N)n(C(C)=N)n3)n(C)n2)cn1. The fourth-order valence-corrected chi connectivity index (χ4v) is 3.57. The summed E-state index contributed by atoms with van der Waals surface area (Å²) in [7, 11) is 3.77. The van der Waals surface area contributed by atoms with Gasteiger partial charge in [-0.1, -0.05) is 6.07 Å². The van der Waals surface area contributed by atoms with Crippen molar-refractivity contribution in [2.45, 2.75) is 32.1 Å². The smallest absolute Gasteiger partial charge is 0.151 e. The van der Waals surface area contributed by atoms with Gasteiger partial charge in [-0.15, -0.1) is 0 Å². The van der Waals surface area contributed by atoms with Gasteiger partial charge in [-0.3, -0.25) is 15.5 Å². The van der Waals surface area contributed by atoms with Gasteiger partial charge in [0.15, 0.2) is 5.49 Å². The maximum atomic E-state index is 8.10. The van der Waals surface area contributed by atoms with Gasteiger partial charge in [0.25, 0.3) is 0 Å². The molecule has 2 atom stereocenters. The molecule has 8 heteroatoms. The lowest BCUT2D eigenvalue weighted by Crippen LogP contribution is -2.29. The highest BCUT2D eigenvalue weighted by Gasteiger charge is 2.41. The normalized spacial score (nSPS) is 18.1. The second-order valence-electron chi connectivity index (χ2n) is 7.31. The number of nitrogens with zero attached hydrogens (tertiary/aromatic N) is 5. The largest absolute Gasteiger partial charge is 0.373 e. The van der Waals surface area contributed by atoms with Gasteiger partial charge in [-0.2, -0.15) is 10.2 Å². The Kier molecular flexibility index (Phi) is 4.33. The van der Waals surface area contributed by atoms with Crippen LogP contribution in [0.5, 0.6) is 0 Å². The first-order valence-electron chi connectivity index (χ1n) is 9.28. The van der Waals surface area contributed by atoms with Crippen LogP contribution in [-0.4, -0.2) is 37.4 Å². The second-order valence-corrected chi connectivity index (χ2v) is 7.31. The van der Waals surface area contributed by atoms with Gasteiger partial charge >= 0.3 is 0 Å². The molecule has 0 amide bonds. The number of aryl methyl sites for hydroxylation is 2. The molecule has 3 aromatic heterocycles. The first-order chi connectivity index (χ1) is 13.4. The Morgan fingerprint density at radius 3 is 2.64 bits per heavy atom. The number of anilines is 1. The summed E-state index contributed by atoms with van der Waals surface area (Å²) < 4.78 is 3.19. The predicted molar refractivity (Wildman–Crippen MR) is 108 cm³/mol. The van der Waals surface area contributed by atoms with Crippen molar-refractivity contribution in [3.05, 3.63) is 52.8 Å². The molecule has 8 nitrogen and oxygen atoms in total. The average molecular weight is 376 g/mol. The molecule has 3 aromatic rings. The molecule has 144 valence electrons. The highest BCUT2D eigenvalue weighted by atomic mass is 15.3. The third-order valence-corrected chi connectivity index (χ3v) is 5.27. The maximum Gasteiger partial charge on any atom is 0.151 e. The van der Waals surface area contributed by atoms with Crippen LogP contribution in [0.2, 0.25) is 0 Å². The van der Waals surface area contributed by atoms with Crippen molar-refractivity contribution in [3.8, 4) is 11.4 Å². The molecule has 0 saturated heterocycles. The Hall–Kier alpha value is -3.29. The van der Waals surface area contributed by atoms with Gasteiger partial charge in [0, 0.05) is 26.2 Å². The molecule has 0 radical (unpaired) electrons. The molecule has 1 fully saturated rings. The lowest BCUT2D eigenvalue weighted by Gasteiger charge is -2.08. The van der Waals surface area contributed by atoms with Crippen LogP contribution in [-0.2, 0) is 7.05 Å². The molecule has 2 unspecified atom stereocenters. The summed E-state index contributed by atoms with van der Waals surface area (Å²) in [6.45, 7) is 3.49. The van der Waals surface area contributed by atoms with Gasteiger partial charge in [-0.05, 0) is 55.5 Å². The lowest BCUT2D eigenvalue weighted by atomic mass is 10.1. The first-order valence-corrected chi connectivity index (χ1v) is 9.28. The van der Waals surface area contributed by atoms with E-state index in [1.807, 2.05) is 44.0 Å². The minimum Gasteiger partial charge on any atom is -0.373 e. The van der Waals surface area contributed by atoms with Crippen LogP contribution in [0.25, 0.3) is 11.4 Å². The van der Waals surface area contributed by atoms with Crippen molar-refractivity contribution in [3.63, 3.8) is 0 Å². The van der Waals surface area contributed by atoms with E-state index < -0.39 is 0 Å². The Bertz CT molecular complexity index is 1110. The average Bonchev–Trinajstić information content (AvgIpc) is 3.39. The Balaban J connectivity index is 1.63. The van der Waals surface area contributed by atoms with Gasteiger partial charge in [0.05, 0.1) is 11.4 Å². The lowest BCUT2D eigenvalue weighted by molar-refractivity contribution is 0.735. The Labute approximate surface area is 163 Å². The quantitative estimate of drug-likeness (QED) is 0.480. The first kappa shape index (κ1) is 18.1. The van der Waals surface area contributed by atoms with E-state index in [2.05, 4.69) is 27.5 Å². The summed E-state index contributed by atoms with van der Waals surface area (Å²) in [4.78, 5) is 4.41. The monoisotopic (exact) mass is 376 g/mol. The molecule has 3 heterocycles. The molecule has 0 spiro atoms. The van der Waals surface area contributed by atoms with Crippen LogP contribution in [0.3, 0.4) is 0 Å². The van der Waals surface area contributed by atoms with Crippen LogP contribution in [0, 0.1) is 17.7 Å². The summed E-state index contributed by atoms with van der Waals surface area (Å²) in [5, 5.41) is 28.2. The predicted octanol–water partition coefficient (Wildman–Crippen LogP) is 2.62. The zero-order valence-electron chi connectivity index (χ0n) is 16.5. The van der Waals surface area contributed by atoms with Crippen LogP contribution < -0.4 is 10.8 Å². The Morgan fingerprint density at radius 1 is 1.21 bits per heavy atom. The van der Waals surface area contributed by atoms with E-state index in [1.54, 1.807) is 6.92 Å². The van der Waals surface area contributed by atoms with Crippen molar-refractivity contribution in [1.82, 2.24) is 24.5 Å². The van der Waals surface area contributed by atoms with E-state index in [-0.39, 0.29) is 11.3 Å². The third kappa shape index (κ3) is 3.11. The molecule has 0 bridgehead atoms. The highest BCUT2D eigenvalue weighted by molar-refractivity contribution is 5.78. The summed E-state index contributed by atoms with van der Waals surface area (Å²) in [5.74, 6) is 1.92. The number of hydrogen-bond donors (Lipinski definition) is 3. The summed E-state index contributed by atoms with van der Waals surface area (Å²) in [5.41, 5.74) is 4.91. The van der Waals surface area contributed by atoms with E-state index >= 15 is 0 Å². The van der Waals surface area contributed by atoms with Gasteiger partial charge in [0.2, 0.25) is 0 Å². The number of pyridine rings is 1. The molecule has 3 N–H and O–H groups in total. The fraction of sp³-hybridized carbons (Fsp3) is 0.350. The van der Waals surface area contributed by atoms with Crippen molar-refractivity contribution >= 4 is 11.7 Å². The number of aromatic nitrogens is 5. The topological polar surface area (TPSA) is 108 Å². The summed E-state index contributed by atoms with van der Waals surface area (Å²) in [6, 6.07) is 8.09. The van der Waals surface area contributed by atoms with E-state index in [0.29, 0.717) is 11.8 Å². The van der Waals surface area contributed by atoms with E-state index in [9.17, 15) is 0 Å². The molecule has 1 aliphatic carbocycles. The molecular weight excluding hydrogens is 352 g/mol. The zero-order chi connectivity index (χ0) is 20.0. The standard InChI is InChI=1S/C20H24N8/c1-11-7-17(26-28(12(2)21)20(11)22)18-9-16(25-27(18)4)15-8-14(15)13-5-6-19(23-3)24-10-13/h5-7,9-10,14-15,21-22H,8H2,1-4H3,(H,23,24). The summed E-state index contributed by atoms with van der Waals surface area (Å²) >= 11 is 0. The number of hydrogen-bond acceptors (Lipinski definition) is 6. The molecular formula is C20H24N8. The summed E-state index contributed by atoms with van der Waals surface area (Å²) in [6.07, 6.45) is 3.00. The third-order valence-electron chi connectivity index (χ3n) is 5.27. The number of rotatable bonds is 4. The molecule has 4 rings (SSSR count). The molecule has 0 aromatic carbocycles. The van der Waals surface area contributed by atoms with E-state index in [0.717, 1.165) is 34.9 Å². The van der Waals surface area contributed by atoms with Gasteiger partial charge in [-0.25, -0.2) is 9.67 Å². The molecule has 1 aliphatic rings. The van der Waals surface area contributed by atoms with Gasteiger partial charge < -0.3 is 5.32 Å². The Morgan fingerprint density at radius 2 is 2.00 bits per heavy atom. The fourth-order valence-electron chi connectivity index (χ4n) is 3.57. The maximum absolute atomic E-state index is 8.10. The van der Waals surface area contributed by atoms with Crippen LogP contribution in [0.15, 0.2) is 30.5 Å². The van der Waals surface area contributed by atoms with Crippen LogP contribution >= 0.6 is 0 Å². The van der Waals surface area contributed by atoms with Crippen molar-refractivity contribution in [1.29, 1.82) is 10.8 Å². The van der Waals surface area contributed by atoms with Gasteiger partial charge in [0.1, 0.15) is 17.3 Å². The van der Waals surface area contributed by atoms with Crippen LogP contribution in [0.1, 0.15) is 42.0 Å². The van der Waals surface area contributed by atoms with Crippen molar-refractivity contribution in [2.75, 3.05) is 12.4 Å².